The highest BCUT2D eigenvalue weighted by atomic mass is 35.5. The van der Waals surface area contributed by atoms with Gasteiger partial charge in [-0.05, 0) is 45.2 Å². The Morgan fingerprint density at radius 2 is 2.25 bits per heavy atom. The summed E-state index contributed by atoms with van der Waals surface area (Å²) in [5.41, 5.74) is 0. The highest BCUT2D eigenvalue weighted by Crippen LogP contribution is 2.19. The summed E-state index contributed by atoms with van der Waals surface area (Å²) in [5, 5.41) is 3.20. The Kier molecular flexibility index (Phi) is 8.93. The fourth-order valence-electron chi connectivity index (χ4n) is 2.82. The van der Waals surface area contributed by atoms with Crippen LogP contribution in [0.15, 0.2) is 0 Å². The minimum absolute atomic E-state index is 0. The topological polar surface area (TPSA) is 41.6 Å². The van der Waals surface area contributed by atoms with Crippen LogP contribution in [0.4, 0.5) is 0 Å². The summed E-state index contributed by atoms with van der Waals surface area (Å²) in [6.07, 6.45) is 5.15. The van der Waals surface area contributed by atoms with E-state index in [9.17, 15) is 4.79 Å². The van der Waals surface area contributed by atoms with Gasteiger partial charge in [0.05, 0.1) is 11.9 Å². The Balaban J connectivity index is 0.00000200. The summed E-state index contributed by atoms with van der Waals surface area (Å²) < 4.78 is 5.68. The van der Waals surface area contributed by atoms with Crippen molar-refractivity contribution in [3.63, 3.8) is 0 Å². The first-order valence-corrected chi connectivity index (χ1v) is 8.56. The van der Waals surface area contributed by atoms with Crippen molar-refractivity contribution in [2.45, 2.75) is 31.8 Å². The van der Waals surface area contributed by atoms with Gasteiger partial charge in [0.25, 0.3) is 0 Å². The van der Waals surface area contributed by atoms with Gasteiger partial charge in [-0.2, -0.15) is 0 Å². The smallest absolute Gasteiger partial charge is 0.232 e. The first-order valence-electron chi connectivity index (χ1n) is 7.41. The van der Waals surface area contributed by atoms with Gasteiger partial charge in [-0.3, -0.25) is 4.79 Å². The Hall–Kier alpha value is 0.0300. The second-order valence-electron chi connectivity index (χ2n) is 5.56. The number of hydrogen-bond donors (Lipinski definition) is 1. The molecular weight excluding hydrogens is 296 g/mol. The Morgan fingerprint density at radius 1 is 1.40 bits per heavy atom. The standard InChI is InChI=1S/C14H26N2O2S.ClH/c1-15-8-12-5-6-16(9-12)14(17)11-19-10-13-4-2-3-7-18-13;/h12-13,15H,2-11H2,1H3;1H. The van der Waals surface area contributed by atoms with Gasteiger partial charge in [0.2, 0.25) is 5.91 Å². The van der Waals surface area contributed by atoms with Gasteiger partial charge in [0.15, 0.2) is 0 Å². The zero-order valence-corrected chi connectivity index (χ0v) is 13.9. The Morgan fingerprint density at radius 3 is 2.95 bits per heavy atom. The monoisotopic (exact) mass is 322 g/mol. The second kappa shape index (κ2) is 9.87. The van der Waals surface area contributed by atoms with Crippen LogP contribution in [0.3, 0.4) is 0 Å². The van der Waals surface area contributed by atoms with E-state index in [-0.39, 0.29) is 12.4 Å². The number of carbonyl (C=O) groups is 1. The molecule has 0 aromatic carbocycles. The summed E-state index contributed by atoms with van der Waals surface area (Å²) in [4.78, 5) is 14.1. The number of halogens is 1. The highest BCUT2D eigenvalue weighted by Gasteiger charge is 2.25. The number of nitrogens with zero attached hydrogens (tertiary/aromatic N) is 1. The molecule has 0 spiro atoms. The lowest BCUT2D eigenvalue weighted by Gasteiger charge is -2.22. The minimum Gasteiger partial charge on any atom is -0.377 e. The fraction of sp³-hybridized carbons (Fsp3) is 0.929. The molecule has 0 aromatic rings. The Bertz CT molecular complexity index is 288. The second-order valence-corrected chi connectivity index (χ2v) is 6.59. The molecule has 2 atom stereocenters. The van der Waals surface area contributed by atoms with Crippen LogP contribution in [0.25, 0.3) is 0 Å². The van der Waals surface area contributed by atoms with Crippen molar-refractivity contribution in [1.29, 1.82) is 0 Å². The van der Waals surface area contributed by atoms with Crippen LogP contribution in [-0.4, -0.2) is 61.7 Å². The third-order valence-corrected chi connectivity index (χ3v) is 4.99. The molecule has 20 heavy (non-hydrogen) atoms. The number of ether oxygens (including phenoxy) is 1. The molecule has 0 aromatic heterocycles. The van der Waals surface area contributed by atoms with Crippen LogP contribution in [-0.2, 0) is 9.53 Å². The van der Waals surface area contributed by atoms with Crippen LogP contribution in [0.5, 0.6) is 0 Å². The van der Waals surface area contributed by atoms with Crippen LogP contribution in [0.2, 0.25) is 0 Å². The predicted octanol–water partition coefficient (Wildman–Crippen LogP) is 1.78. The van der Waals surface area contributed by atoms with Crippen LogP contribution in [0.1, 0.15) is 25.7 Å². The molecule has 2 aliphatic rings. The van der Waals surface area contributed by atoms with Crippen LogP contribution in [0, 0.1) is 5.92 Å². The number of rotatable bonds is 6. The molecule has 1 N–H and O–H groups in total. The van der Waals surface area contributed by atoms with Crippen molar-refractivity contribution in [3.05, 3.63) is 0 Å². The summed E-state index contributed by atoms with van der Waals surface area (Å²) in [6, 6.07) is 0. The zero-order valence-electron chi connectivity index (χ0n) is 12.3. The molecule has 2 fully saturated rings. The summed E-state index contributed by atoms with van der Waals surface area (Å²) in [5.74, 6) is 2.53. The van der Waals surface area contributed by atoms with E-state index in [0.717, 1.165) is 44.8 Å². The van der Waals surface area contributed by atoms with Gasteiger partial charge < -0.3 is 15.0 Å². The van der Waals surface area contributed by atoms with E-state index in [1.165, 1.54) is 12.8 Å². The molecule has 2 unspecified atom stereocenters. The van der Waals surface area contributed by atoms with Gasteiger partial charge >= 0.3 is 0 Å². The van der Waals surface area contributed by atoms with E-state index >= 15 is 0 Å². The van der Waals surface area contributed by atoms with E-state index in [1.54, 1.807) is 11.8 Å². The number of thioether (sulfide) groups is 1. The van der Waals surface area contributed by atoms with Gasteiger partial charge in [-0.15, -0.1) is 24.2 Å². The molecular formula is C14H27ClN2O2S. The zero-order chi connectivity index (χ0) is 13.5. The van der Waals surface area contributed by atoms with Gasteiger partial charge in [0.1, 0.15) is 0 Å². The average molecular weight is 323 g/mol. The lowest BCUT2D eigenvalue weighted by atomic mass is 10.1. The highest BCUT2D eigenvalue weighted by molar-refractivity contribution is 7.99. The molecule has 0 aliphatic carbocycles. The van der Waals surface area contributed by atoms with E-state index in [4.69, 9.17) is 4.74 Å². The SMILES string of the molecule is CNCC1CCN(C(=O)CSCC2CCCCO2)C1.Cl. The molecule has 1 amide bonds. The third kappa shape index (κ3) is 5.80. The molecule has 0 bridgehead atoms. The lowest BCUT2D eigenvalue weighted by Crippen LogP contribution is -2.32. The lowest BCUT2D eigenvalue weighted by molar-refractivity contribution is -0.127. The van der Waals surface area contributed by atoms with Crippen molar-refractivity contribution >= 4 is 30.1 Å². The van der Waals surface area contributed by atoms with Gasteiger partial charge in [0, 0.05) is 25.4 Å². The van der Waals surface area contributed by atoms with Gasteiger partial charge in [-0.25, -0.2) is 0 Å². The van der Waals surface area contributed by atoms with Crippen molar-refractivity contribution in [1.82, 2.24) is 10.2 Å². The molecule has 2 aliphatic heterocycles. The molecule has 0 radical (unpaired) electrons. The number of carbonyl (C=O) groups excluding carboxylic acids is 1. The quantitative estimate of drug-likeness (QED) is 0.809. The van der Waals surface area contributed by atoms with Crippen LogP contribution < -0.4 is 5.32 Å². The summed E-state index contributed by atoms with van der Waals surface area (Å²) >= 11 is 1.74. The third-order valence-electron chi connectivity index (χ3n) is 3.93. The van der Waals surface area contributed by atoms with Crippen molar-refractivity contribution in [3.8, 4) is 0 Å². The maximum atomic E-state index is 12.1. The minimum atomic E-state index is 0. The van der Waals surface area contributed by atoms with Crippen LogP contribution >= 0.6 is 24.2 Å². The number of likely N-dealkylation sites (tertiary alicyclic amines) is 1. The molecule has 0 saturated carbocycles. The molecule has 118 valence electrons. The van der Waals surface area contributed by atoms with E-state index in [0.29, 0.717) is 23.7 Å². The van der Waals surface area contributed by atoms with Crippen molar-refractivity contribution < 1.29 is 9.53 Å². The van der Waals surface area contributed by atoms with Crippen molar-refractivity contribution in [2.24, 2.45) is 5.92 Å². The molecule has 4 nitrogen and oxygen atoms in total. The summed E-state index contributed by atoms with van der Waals surface area (Å²) in [6.45, 7) is 3.79. The van der Waals surface area contributed by atoms with E-state index in [2.05, 4.69) is 5.32 Å². The molecule has 6 heteroatoms. The van der Waals surface area contributed by atoms with Gasteiger partial charge in [-0.1, -0.05) is 0 Å². The molecule has 2 heterocycles. The van der Waals surface area contributed by atoms with E-state index in [1.807, 2.05) is 11.9 Å². The maximum absolute atomic E-state index is 12.1. The Labute approximate surface area is 132 Å². The number of hydrogen-bond acceptors (Lipinski definition) is 4. The molecule has 2 rings (SSSR count). The first kappa shape index (κ1) is 18.1. The largest absolute Gasteiger partial charge is 0.377 e. The summed E-state index contributed by atoms with van der Waals surface area (Å²) in [7, 11) is 1.98. The average Bonchev–Trinajstić information content (AvgIpc) is 2.89. The predicted molar refractivity (Wildman–Crippen MR) is 86.8 cm³/mol. The number of nitrogens with one attached hydrogen (secondary N) is 1. The van der Waals surface area contributed by atoms with E-state index < -0.39 is 0 Å². The number of amides is 1. The fourth-order valence-corrected chi connectivity index (χ4v) is 3.82. The maximum Gasteiger partial charge on any atom is 0.232 e. The first-order chi connectivity index (χ1) is 9.29. The normalized spacial score (nSPS) is 26.4. The molecule has 2 saturated heterocycles. The van der Waals surface area contributed by atoms with Crippen molar-refractivity contribution in [2.75, 3.05) is 44.8 Å².